The Hall–Kier alpha value is -1.30. The van der Waals surface area contributed by atoms with Crippen LogP contribution in [0.5, 0.6) is 0 Å². The molecular weight excluding hydrogens is 336 g/mol. The SMILES string of the molecule is C1=C[N]([AlH][c]2ccccc2)C[N]1[AlH][c]1ccccc1.C[CH-]C.F.F. The zero-order chi connectivity index (χ0) is 15.6. The fourth-order valence-corrected chi connectivity index (χ4v) is 5.66. The normalized spacial score (nSPS) is 11.6. The molecule has 0 aliphatic carbocycles. The molecule has 0 aromatic heterocycles. The number of nitrogens with zero attached hydrogens (tertiary/aromatic N) is 2. The highest BCUT2D eigenvalue weighted by molar-refractivity contribution is 6.52. The molecule has 0 fully saturated rings. The molecule has 0 atom stereocenters. The van der Waals surface area contributed by atoms with Crippen molar-refractivity contribution >= 4 is 39.7 Å². The lowest BCUT2D eigenvalue weighted by molar-refractivity contribution is 0.487. The molecule has 0 bridgehead atoms. The first kappa shape index (κ1) is 22.7. The zero-order valence-corrected chi connectivity index (χ0v) is 17.2. The van der Waals surface area contributed by atoms with Crippen molar-refractivity contribution < 1.29 is 9.41 Å². The molecule has 24 heavy (non-hydrogen) atoms. The monoisotopic (exact) mass is 361 g/mol. The molecule has 0 unspecified atom stereocenters. The van der Waals surface area contributed by atoms with Crippen molar-refractivity contribution in [2.75, 3.05) is 6.67 Å². The molecule has 0 amide bonds. The highest BCUT2D eigenvalue weighted by Crippen LogP contribution is 2.03. The van der Waals surface area contributed by atoms with E-state index in [4.69, 9.17) is 0 Å². The molecule has 1 aliphatic heterocycles. The van der Waals surface area contributed by atoms with E-state index in [-0.39, 0.29) is 40.3 Å². The van der Waals surface area contributed by atoms with E-state index in [1.54, 1.807) is 0 Å². The van der Waals surface area contributed by atoms with Crippen molar-refractivity contribution in [3.63, 3.8) is 0 Å². The Bertz CT molecular complexity index is 518. The van der Waals surface area contributed by atoms with Gasteiger partial charge in [-0.2, -0.15) is 13.8 Å². The van der Waals surface area contributed by atoms with Gasteiger partial charge < -0.3 is 14.2 Å². The minimum atomic E-state index is -0.329. The first-order chi connectivity index (χ1) is 10.8. The summed E-state index contributed by atoms with van der Waals surface area (Å²) in [6.07, 6.45) is 6.55. The van der Waals surface area contributed by atoms with Crippen LogP contribution in [0.4, 0.5) is 9.41 Å². The Labute approximate surface area is 156 Å². The molecule has 0 N–H and O–H groups in total. The van der Waals surface area contributed by atoms with Gasteiger partial charge in [-0.05, 0) is 12.4 Å². The molecule has 2 nitrogen and oxygen atoms in total. The summed E-state index contributed by atoms with van der Waals surface area (Å²) in [6, 6.07) is 21.7. The lowest BCUT2D eigenvalue weighted by Gasteiger charge is -2.21. The molecular formula is C18H25Al2F2N2-. The van der Waals surface area contributed by atoms with Crippen LogP contribution in [0.3, 0.4) is 0 Å². The predicted molar refractivity (Wildman–Crippen MR) is 105 cm³/mol. The molecule has 0 spiro atoms. The first-order valence-electron chi connectivity index (χ1n) is 7.80. The maximum absolute atomic E-state index is 2.51. The van der Waals surface area contributed by atoms with E-state index in [1.807, 2.05) is 20.3 Å². The second-order valence-corrected chi connectivity index (χ2v) is 9.37. The maximum atomic E-state index is 2.51. The van der Waals surface area contributed by atoms with Crippen LogP contribution in [-0.4, -0.2) is 45.3 Å². The molecule has 3 rings (SSSR count). The second kappa shape index (κ2) is 13.0. The predicted octanol–water partition coefficient (Wildman–Crippen LogP) is 1.92. The average Bonchev–Trinajstić information content (AvgIpc) is 2.97. The van der Waals surface area contributed by atoms with Crippen LogP contribution in [0.25, 0.3) is 0 Å². The summed E-state index contributed by atoms with van der Waals surface area (Å²) in [5.41, 5.74) is 0. The lowest BCUT2D eigenvalue weighted by atomic mass is 10.4. The van der Waals surface area contributed by atoms with Gasteiger partial charge >= 0.3 is 30.9 Å². The summed E-state index contributed by atoms with van der Waals surface area (Å²) in [4.78, 5) is 0. The van der Waals surface area contributed by atoms with Gasteiger partial charge in [0.25, 0.3) is 0 Å². The van der Waals surface area contributed by atoms with E-state index < -0.39 is 0 Å². The molecule has 1 heterocycles. The van der Waals surface area contributed by atoms with Crippen LogP contribution in [0, 0.1) is 6.42 Å². The van der Waals surface area contributed by atoms with Gasteiger partial charge in [0.2, 0.25) is 0 Å². The van der Waals surface area contributed by atoms with Crippen molar-refractivity contribution in [1.82, 2.24) is 7.77 Å². The highest BCUT2D eigenvalue weighted by Gasteiger charge is 2.16. The van der Waals surface area contributed by atoms with Crippen molar-refractivity contribution in [2.45, 2.75) is 13.8 Å². The molecule has 0 radical (unpaired) electrons. The van der Waals surface area contributed by atoms with Gasteiger partial charge in [-0.1, -0.05) is 69.5 Å². The number of rotatable bonds is 4. The molecule has 128 valence electrons. The maximum Gasteiger partial charge on any atom is 0.431 e. The van der Waals surface area contributed by atoms with Crippen LogP contribution in [-0.2, 0) is 0 Å². The van der Waals surface area contributed by atoms with Gasteiger partial charge in [0.15, 0.2) is 0 Å². The third-order valence-electron chi connectivity index (χ3n) is 3.31. The standard InChI is InChI=1S/2C6H5.C3H4N2.C3H7.2Al.2FH.2H/c2*1-2-4-6-5-3-1;1-2-5-3-4-1;1-3-2;;;;;;/h2*1-5H;1-2H,3H2;3H,1-2H3;;;2*1H;;/q;;-2;-1;2*+1;;;;. The number of hydrogen-bond acceptors (Lipinski definition) is 2. The van der Waals surface area contributed by atoms with Gasteiger partial charge in [-0.25, -0.2) is 0 Å². The fraction of sp³-hybridized carbons (Fsp3) is 0.167. The van der Waals surface area contributed by atoms with Gasteiger partial charge in [-0.15, -0.1) is 0 Å². The van der Waals surface area contributed by atoms with Gasteiger partial charge in [0.05, 0.1) is 0 Å². The van der Waals surface area contributed by atoms with E-state index in [0.717, 1.165) is 6.67 Å². The second-order valence-electron chi connectivity index (χ2n) is 5.48. The molecule has 2 aromatic rings. The number of hydrogen-bond donors (Lipinski definition) is 0. The molecule has 0 saturated heterocycles. The van der Waals surface area contributed by atoms with E-state index in [1.165, 1.54) is 8.85 Å². The summed E-state index contributed by atoms with van der Waals surface area (Å²) in [5.74, 6) is 0. The van der Waals surface area contributed by atoms with Crippen LogP contribution >= 0.6 is 0 Å². The van der Waals surface area contributed by atoms with Gasteiger partial charge in [0.1, 0.15) is 0 Å². The van der Waals surface area contributed by atoms with E-state index in [2.05, 4.69) is 80.8 Å². The molecule has 0 saturated carbocycles. The van der Waals surface area contributed by atoms with E-state index in [0.29, 0.717) is 0 Å². The van der Waals surface area contributed by atoms with Crippen LogP contribution < -0.4 is 8.85 Å². The minimum absolute atomic E-state index is 0. The van der Waals surface area contributed by atoms with Gasteiger partial charge in [0, 0.05) is 6.67 Å². The highest BCUT2D eigenvalue weighted by atomic mass is 27.1. The van der Waals surface area contributed by atoms with Crippen LogP contribution in [0.2, 0.25) is 0 Å². The summed E-state index contributed by atoms with van der Waals surface area (Å²) in [6.45, 7) is 5.09. The van der Waals surface area contributed by atoms with Crippen molar-refractivity contribution in [2.24, 2.45) is 0 Å². The first-order valence-corrected chi connectivity index (χ1v) is 10.5. The summed E-state index contributed by atoms with van der Waals surface area (Å²) >= 11 is -0.658. The summed E-state index contributed by atoms with van der Waals surface area (Å²) in [5, 5.41) is 0. The quantitative estimate of drug-likeness (QED) is 0.607. The fourth-order valence-electron chi connectivity index (χ4n) is 2.36. The topological polar surface area (TPSA) is 6.48 Å². The van der Waals surface area contributed by atoms with E-state index >= 15 is 0 Å². The summed E-state index contributed by atoms with van der Waals surface area (Å²) < 4.78 is 8.03. The lowest BCUT2D eigenvalue weighted by Crippen LogP contribution is -2.38. The number of benzene rings is 2. The van der Waals surface area contributed by atoms with Crippen molar-refractivity contribution in [3.05, 3.63) is 79.5 Å². The molecule has 1 aliphatic rings. The molecule has 6 heteroatoms. The van der Waals surface area contributed by atoms with Crippen molar-refractivity contribution in [3.8, 4) is 0 Å². The molecule has 2 aromatic carbocycles. The largest absolute Gasteiger partial charge is 0.453 e. The average molecular weight is 361 g/mol. The van der Waals surface area contributed by atoms with E-state index in [9.17, 15) is 0 Å². The minimum Gasteiger partial charge on any atom is -0.453 e. The van der Waals surface area contributed by atoms with Gasteiger partial charge in [-0.3, -0.25) is 9.41 Å². The third kappa shape index (κ3) is 8.00. The van der Waals surface area contributed by atoms with Crippen LogP contribution in [0.15, 0.2) is 73.1 Å². The Balaban J connectivity index is 0.000000988. The number of halogens is 2. The Kier molecular flexibility index (Phi) is 12.3. The van der Waals surface area contributed by atoms with Crippen molar-refractivity contribution in [1.29, 1.82) is 0 Å². The zero-order valence-electron chi connectivity index (χ0n) is 14.3. The Morgan fingerprint density at radius 2 is 1.04 bits per heavy atom. The summed E-state index contributed by atoms with van der Waals surface area (Å²) in [7, 11) is 0. The third-order valence-corrected chi connectivity index (χ3v) is 6.62. The Morgan fingerprint density at radius 3 is 1.38 bits per heavy atom. The Morgan fingerprint density at radius 1 is 0.708 bits per heavy atom. The van der Waals surface area contributed by atoms with Crippen LogP contribution in [0.1, 0.15) is 13.8 Å². The smallest absolute Gasteiger partial charge is 0.431 e.